The number of allylic oxidation sites excluding steroid dienone is 14. The highest BCUT2D eigenvalue weighted by atomic mass is 16.6. The molecule has 0 radical (unpaired) electrons. The standard InChI is InChI=1S/C53H90O5/c1-4-7-10-13-16-19-22-24-25-26-27-28-29-31-32-34-37-40-43-46-52(54)57-50-51(49-56-48-45-42-39-36-21-18-15-12-9-6-3)58-53(55)47-44-41-38-35-33-30-23-20-17-14-11-8-5-2/h7-8,10-11,16-17,19-20,24-25,27-28,30,33,51H,4-6,9,12-15,18,21-23,26,29,31-32,34-50H2,1-3H3/b10-7-,11-8-,19-16-,20-17-,25-24-,28-27-,33-30-. The van der Waals surface area contributed by atoms with Crippen LogP contribution in [0.25, 0.3) is 0 Å². The van der Waals surface area contributed by atoms with E-state index in [1.54, 1.807) is 0 Å². The van der Waals surface area contributed by atoms with Gasteiger partial charge in [0.2, 0.25) is 0 Å². The largest absolute Gasteiger partial charge is 0.462 e. The first-order valence-corrected chi connectivity index (χ1v) is 24.1. The minimum Gasteiger partial charge on any atom is -0.462 e. The molecule has 0 rings (SSSR count). The summed E-state index contributed by atoms with van der Waals surface area (Å²) in [5.41, 5.74) is 0. The van der Waals surface area contributed by atoms with Gasteiger partial charge in [0.1, 0.15) is 6.61 Å². The van der Waals surface area contributed by atoms with E-state index in [0.717, 1.165) is 109 Å². The van der Waals surface area contributed by atoms with Gasteiger partial charge in [0.25, 0.3) is 0 Å². The molecule has 0 N–H and O–H groups in total. The Bertz CT molecular complexity index is 1090. The quantitative estimate of drug-likeness (QED) is 0.0349. The number of ether oxygens (including phenoxy) is 3. The average Bonchev–Trinajstić information content (AvgIpc) is 3.22. The van der Waals surface area contributed by atoms with E-state index < -0.39 is 6.10 Å². The van der Waals surface area contributed by atoms with Crippen molar-refractivity contribution in [3.05, 3.63) is 85.1 Å². The first-order chi connectivity index (χ1) is 28.6. The third kappa shape index (κ3) is 45.8. The molecule has 0 spiro atoms. The molecule has 0 aromatic heterocycles. The Kier molecular flexibility index (Phi) is 46.0. The minimum absolute atomic E-state index is 0.0635. The van der Waals surface area contributed by atoms with Crippen LogP contribution in [-0.4, -0.2) is 37.9 Å². The maximum Gasteiger partial charge on any atom is 0.306 e. The molecule has 0 aliphatic heterocycles. The Labute approximate surface area is 359 Å². The first kappa shape index (κ1) is 55.1. The van der Waals surface area contributed by atoms with Crippen molar-refractivity contribution in [1.29, 1.82) is 0 Å². The normalized spacial score (nSPS) is 12.9. The fourth-order valence-corrected chi connectivity index (χ4v) is 6.40. The van der Waals surface area contributed by atoms with Gasteiger partial charge in [0.15, 0.2) is 6.10 Å². The van der Waals surface area contributed by atoms with Crippen molar-refractivity contribution in [2.75, 3.05) is 19.8 Å². The van der Waals surface area contributed by atoms with E-state index >= 15 is 0 Å². The summed E-state index contributed by atoms with van der Waals surface area (Å²) in [6.07, 6.45) is 63.0. The maximum absolute atomic E-state index is 12.7. The predicted molar refractivity (Wildman–Crippen MR) is 251 cm³/mol. The van der Waals surface area contributed by atoms with E-state index in [1.807, 2.05) is 0 Å². The van der Waals surface area contributed by atoms with E-state index in [1.165, 1.54) is 70.6 Å². The topological polar surface area (TPSA) is 61.8 Å². The molecule has 0 saturated carbocycles. The molecule has 0 aromatic carbocycles. The van der Waals surface area contributed by atoms with Crippen LogP contribution < -0.4 is 0 Å². The van der Waals surface area contributed by atoms with Gasteiger partial charge in [-0.05, 0) is 89.9 Å². The number of unbranched alkanes of at least 4 members (excludes halogenated alkanes) is 18. The lowest BCUT2D eigenvalue weighted by Crippen LogP contribution is -2.30. The summed E-state index contributed by atoms with van der Waals surface area (Å²) in [5.74, 6) is -0.449. The average molecular weight is 807 g/mol. The fraction of sp³-hybridized carbons (Fsp3) is 0.698. The molecular weight excluding hydrogens is 717 g/mol. The van der Waals surface area contributed by atoms with Gasteiger partial charge in [0.05, 0.1) is 6.61 Å². The van der Waals surface area contributed by atoms with Crippen molar-refractivity contribution in [2.24, 2.45) is 0 Å². The van der Waals surface area contributed by atoms with Gasteiger partial charge in [-0.1, -0.05) is 196 Å². The summed E-state index contributed by atoms with van der Waals surface area (Å²) in [7, 11) is 0. The molecule has 0 bridgehead atoms. The number of carbonyl (C=O) groups is 2. The second-order valence-electron chi connectivity index (χ2n) is 15.6. The zero-order valence-electron chi connectivity index (χ0n) is 38.0. The maximum atomic E-state index is 12.7. The number of hydrogen-bond acceptors (Lipinski definition) is 5. The molecule has 5 heteroatoms. The second kappa shape index (κ2) is 48.4. The first-order valence-electron chi connectivity index (χ1n) is 24.1. The summed E-state index contributed by atoms with van der Waals surface area (Å²) in [6.45, 7) is 7.55. The molecule has 1 atom stereocenters. The van der Waals surface area contributed by atoms with Crippen LogP contribution in [0.4, 0.5) is 0 Å². The summed E-state index contributed by atoms with van der Waals surface area (Å²) in [5, 5.41) is 0. The van der Waals surface area contributed by atoms with E-state index in [9.17, 15) is 9.59 Å². The van der Waals surface area contributed by atoms with Crippen molar-refractivity contribution < 1.29 is 23.8 Å². The van der Waals surface area contributed by atoms with Gasteiger partial charge in [-0.2, -0.15) is 0 Å². The van der Waals surface area contributed by atoms with Crippen molar-refractivity contribution in [1.82, 2.24) is 0 Å². The lowest BCUT2D eigenvalue weighted by molar-refractivity contribution is -0.163. The van der Waals surface area contributed by atoms with Gasteiger partial charge in [0, 0.05) is 19.4 Å². The summed E-state index contributed by atoms with van der Waals surface area (Å²) in [4.78, 5) is 25.3. The zero-order valence-corrected chi connectivity index (χ0v) is 38.0. The Morgan fingerprint density at radius 3 is 1.26 bits per heavy atom. The Morgan fingerprint density at radius 2 is 0.776 bits per heavy atom. The van der Waals surface area contributed by atoms with Gasteiger partial charge in [-0.15, -0.1) is 0 Å². The molecule has 0 aromatic rings. The fourth-order valence-electron chi connectivity index (χ4n) is 6.40. The third-order valence-electron chi connectivity index (χ3n) is 9.93. The van der Waals surface area contributed by atoms with Crippen molar-refractivity contribution >= 4 is 11.9 Å². The van der Waals surface area contributed by atoms with Gasteiger partial charge in [-0.3, -0.25) is 9.59 Å². The molecular formula is C53H90O5. The van der Waals surface area contributed by atoms with Gasteiger partial charge in [-0.25, -0.2) is 0 Å². The van der Waals surface area contributed by atoms with Gasteiger partial charge < -0.3 is 14.2 Å². The van der Waals surface area contributed by atoms with Gasteiger partial charge >= 0.3 is 11.9 Å². The Balaban J connectivity index is 4.28. The summed E-state index contributed by atoms with van der Waals surface area (Å²) < 4.78 is 17.3. The summed E-state index contributed by atoms with van der Waals surface area (Å²) in [6, 6.07) is 0. The Hall–Kier alpha value is -2.92. The molecule has 0 heterocycles. The zero-order chi connectivity index (χ0) is 42.1. The number of esters is 2. The number of carbonyl (C=O) groups excluding carboxylic acids is 2. The highest BCUT2D eigenvalue weighted by molar-refractivity contribution is 5.70. The molecule has 58 heavy (non-hydrogen) atoms. The lowest BCUT2D eigenvalue weighted by atomic mass is 10.1. The van der Waals surface area contributed by atoms with Crippen molar-refractivity contribution in [2.45, 2.75) is 219 Å². The van der Waals surface area contributed by atoms with Crippen molar-refractivity contribution in [3.63, 3.8) is 0 Å². The molecule has 5 nitrogen and oxygen atoms in total. The lowest BCUT2D eigenvalue weighted by Gasteiger charge is -2.18. The van der Waals surface area contributed by atoms with Crippen LogP contribution in [0.3, 0.4) is 0 Å². The van der Waals surface area contributed by atoms with E-state index in [-0.39, 0.29) is 25.2 Å². The van der Waals surface area contributed by atoms with E-state index in [0.29, 0.717) is 19.4 Å². The molecule has 0 saturated heterocycles. The Morgan fingerprint density at radius 1 is 0.397 bits per heavy atom. The van der Waals surface area contributed by atoms with Crippen LogP contribution in [0.5, 0.6) is 0 Å². The molecule has 1 unspecified atom stereocenters. The molecule has 0 fully saturated rings. The van der Waals surface area contributed by atoms with Crippen LogP contribution >= 0.6 is 0 Å². The van der Waals surface area contributed by atoms with Crippen LogP contribution in [0.1, 0.15) is 213 Å². The van der Waals surface area contributed by atoms with E-state index in [4.69, 9.17) is 14.2 Å². The predicted octanol–water partition coefficient (Wildman–Crippen LogP) is 16.1. The highest BCUT2D eigenvalue weighted by Gasteiger charge is 2.17. The molecule has 0 aliphatic carbocycles. The smallest absolute Gasteiger partial charge is 0.306 e. The highest BCUT2D eigenvalue weighted by Crippen LogP contribution is 2.13. The molecule has 332 valence electrons. The SMILES string of the molecule is CC/C=C\C/C=C\C/C=C\C/C=C\CCCCCCCCC(=O)OCC(COCCCCCCCCCCCC)OC(=O)CCCCC/C=C\C/C=C\C/C=C\CC. The van der Waals surface area contributed by atoms with Crippen LogP contribution in [0.15, 0.2) is 85.1 Å². The summed E-state index contributed by atoms with van der Waals surface area (Å²) >= 11 is 0. The molecule has 0 amide bonds. The second-order valence-corrected chi connectivity index (χ2v) is 15.6. The van der Waals surface area contributed by atoms with E-state index in [2.05, 4.69) is 106 Å². The number of rotatable bonds is 43. The molecule has 0 aliphatic rings. The monoisotopic (exact) mass is 807 g/mol. The minimum atomic E-state index is -0.557. The van der Waals surface area contributed by atoms with Crippen molar-refractivity contribution in [3.8, 4) is 0 Å². The number of hydrogen-bond donors (Lipinski definition) is 0. The van der Waals surface area contributed by atoms with Crippen LogP contribution in [-0.2, 0) is 23.8 Å². The van der Waals surface area contributed by atoms with Crippen LogP contribution in [0, 0.1) is 0 Å². The van der Waals surface area contributed by atoms with Crippen LogP contribution in [0.2, 0.25) is 0 Å². The third-order valence-corrected chi connectivity index (χ3v) is 9.93.